The van der Waals surface area contributed by atoms with Crippen LogP contribution >= 0.6 is 11.3 Å². The van der Waals surface area contributed by atoms with E-state index in [-0.39, 0.29) is 11.7 Å². The number of ether oxygens (including phenoxy) is 1. The number of carbonyl (C=O) groups is 1. The second kappa shape index (κ2) is 9.84. The fourth-order valence-corrected chi connectivity index (χ4v) is 5.02. The highest BCUT2D eigenvalue weighted by Gasteiger charge is 2.26. The largest absolute Gasteiger partial charge is 0.462 e. The van der Waals surface area contributed by atoms with Gasteiger partial charge >= 0.3 is 5.97 Å². The van der Waals surface area contributed by atoms with Crippen LogP contribution in [0.15, 0.2) is 23.2 Å². The summed E-state index contributed by atoms with van der Waals surface area (Å²) in [5.74, 6) is -0.341. The topological polar surface area (TPSA) is 85.0 Å². The number of nitro benzene ring substituents is 1. The lowest BCUT2D eigenvalue weighted by Gasteiger charge is -2.22. The summed E-state index contributed by atoms with van der Waals surface area (Å²) in [7, 11) is 0. The minimum absolute atomic E-state index is 0.0171. The smallest absolute Gasteiger partial charge is 0.341 e. The van der Waals surface area contributed by atoms with Crippen molar-refractivity contribution in [3.63, 3.8) is 0 Å². The molecule has 0 saturated heterocycles. The van der Waals surface area contributed by atoms with Crippen molar-refractivity contribution >= 4 is 39.9 Å². The van der Waals surface area contributed by atoms with Crippen LogP contribution in [-0.2, 0) is 17.6 Å². The molecule has 0 unspecified atom stereocenters. The van der Waals surface area contributed by atoms with Gasteiger partial charge in [-0.3, -0.25) is 10.1 Å². The molecule has 1 heterocycles. The number of esters is 1. The normalized spacial score (nSPS) is 13.3. The molecule has 160 valence electrons. The maximum absolute atomic E-state index is 12.6. The van der Waals surface area contributed by atoms with Gasteiger partial charge in [0.2, 0.25) is 0 Å². The van der Waals surface area contributed by atoms with Gasteiger partial charge in [0.05, 0.1) is 17.1 Å². The van der Waals surface area contributed by atoms with Crippen LogP contribution in [0.4, 0.5) is 16.4 Å². The van der Waals surface area contributed by atoms with E-state index >= 15 is 0 Å². The molecule has 1 aromatic carbocycles. The third kappa shape index (κ3) is 4.53. The molecule has 0 atom stereocenters. The number of carbonyl (C=O) groups excluding carboxylic acids is 1. The number of hydrogen-bond acceptors (Lipinski definition) is 7. The zero-order chi connectivity index (χ0) is 21.7. The lowest BCUT2D eigenvalue weighted by molar-refractivity contribution is -0.384. The lowest BCUT2D eigenvalue weighted by Crippen LogP contribution is -2.23. The molecule has 1 aliphatic rings. The molecule has 0 amide bonds. The second-order valence-electron chi connectivity index (χ2n) is 7.04. The lowest BCUT2D eigenvalue weighted by atomic mass is 9.95. The molecular weight excluding hydrogens is 402 g/mol. The molecule has 0 saturated carbocycles. The molecule has 0 N–H and O–H groups in total. The molecule has 0 fully saturated rings. The number of anilines is 1. The first-order valence-electron chi connectivity index (χ1n) is 10.4. The Bertz CT molecular complexity index is 964. The predicted molar refractivity (Wildman–Crippen MR) is 121 cm³/mol. The van der Waals surface area contributed by atoms with Crippen LogP contribution < -0.4 is 4.90 Å². The summed E-state index contributed by atoms with van der Waals surface area (Å²) < 4.78 is 5.29. The van der Waals surface area contributed by atoms with Gasteiger partial charge in [-0.15, -0.1) is 11.3 Å². The first-order valence-corrected chi connectivity index (χ1v) is 11.2. The Morgan fingerprint density at radius 3 is 2.67 bits per heavy atom. The number of hydrogen-bond donors (Lipinski definition) is 0. The van der Waals surface area contributed by atoms with Crippen molar-refractivity contribution in [1.82, 2.24) is 0 Å². The average molecular weight is 430 g/mol. The molecule has 0 spiro atoms. The van der Waals surface area contributed by atoms with Gasteiger partial charge in [0, 0.05) is 47.6 Å². The molecule has 30 heavy (non-hydrogen) atoms. The van der Waals surface area contributed by atoms with Gasteiger partial charge in [0.1, 0.15) is 5.00 Å². The summed E-state index contributed by atoms with van der Waals surface area (Å²) in [6.45, 7) is 7.73. The van der Waals surface area contributed by atoms with Crippen molar-refractivity contribution in [1.29, 1.82) is 0 Å². The molecule has 8 heteroatoms. The van der Waals surface area contributed by atoms with E-state index in [0.717, 1.165) is 50.0 Å². The van der Waals surface area contributed by atoms with E-state index in [0.29, 0.717) is 22.7 Å². The molecule has 0 bridgehead atoms. The molecule has 1 aromatic heterocycles. The molecule has 1 aliphatic carbocycles. The number of fused-ring (bicyclic) bond motifs is 1. The van der Waals surface area contributed by atoms with Crippen LogP contribution in [0.25, 0.3) is 0 Å². The minimum Gasteiger partial charge on any atom is -0.462 e. The SMILES string of the molecule is CCOC(=O)c1c(N=Cc2cc([N+](=O)[O-])ccc2N(CC)CC)sc2c1CCCC2. The summed E-state index contributed by atoms with van der Waals surface area (Å²) in [6, 6.07) is 4.81. The van der Waals surface area contributed by atoms with Crippen molar-refractivity contribution in [3.05, 3.63) is 49.9 Å². The summed E-state index contributed by atoms with van der Waals surface area (Å²) in [4.78, 5) is 31.5. The van der Waals surface area contributed by atoms with Crippen LogP contribution in [-0.4, -0.2) is 36.8 Å². The molecule has 3 rings (SSSR count). The Morgan fingerprint density at radius 1 is 1.27 bits per heavy atom. The van der Waals surface area contributed by atoms with E-state index < -0.39 is 4.92 Å². The maximum Gasteiger partial charge on any atom is 0.341 e. The highest BCUT2D eigenvalue weighted by atomic mass is 32.1. The fourth-order valence-electron chi connectivity index (χ4n) is 3.80. The molecule has 7 nitrogen and oxygen atoms in total. The van der Waals surface area contributed by atoms with Gasteiger partial charge in [-0.05, 0) is 58.1 Å². The monoisotopic (exact) mass is 429 g/mol. The summed E-state index contributed by atoms with van der Waals surface area (Å²) in [6.07, 6.45) is 5.60. The van der Waals surface area contributed by atoms with E-state index in [2.05, 4.69) is 9.89 Å². The van der Waals surface area contributed by atoms with Crippen molar-refractivity contribution in [3.8, 4) is 0 Å². The molecule has 2 aromatic rings. The zero-order valence-electron chi connectivity index (χ0n) is 17.6. The van der Waals surface area contributed by atoms with Crippen LogP contribution in [0.5, 0.6) is 0 Å². The number of benzene rings is 1. The Morgan fingerprint density at radius 2 is 2.00 bits per heavy atom. The first kappa shape index (κ1) is 22.0. The highest BCUT2D eigenvalue weighted by Crippen LogP contribution is 2.40. The molecular formula is C22H27N3O4S. The number of non-ortho nitro benzene ring substituents is 1. The van der Waals surface area contributed by atoms with Crippen molar-refractivity contribution < 1.29 is 14.5 Å². The third-order valence-corrected chi connectivity index (χ3v) is 6.48. The van der Waals surface area contributed by atoms with Gasteiger partial charge < -0.3 is 9.64 Å². The minimum atomic E-state index is -0.406. The van der Waals surface area contributed by atoms with Gasteiger partial charge in [-0.2, -0.15) is 0 Å². The Labute approximate surface area is 180 Å². The quantitative estimate of drug-likeness (QED) is 0.246. The highest BCUT2D eigenvalue weighted by molar-refractivity contribution is 7.16. The fraction of sp³-hybridized carbons (Fsp3) is 0.455. The number of aryl methyl sites for hydroxylation is 1. The van der Waals surface area contributed by atoms with Crippen molar-refractivity contribution in [2.24, 2.45) is 4.99 Å². The molecule has 0 aliphatic heterocycles. The number of nitro groups is 1. The van der Waals surface area contributed by atoms with Crippen molar-refractivity contribution in [2.45, 2.75) is 46.5 Å². The van der Waals surface area contributed by atoms with Crippen LogP contribution in [0.1, 0.15) is 60.0 Å². The van der Waals surface area contributed by atoms with E-state index in [1.807, 2.05) is 13.8 Å². The van der Waals surface area contributed by atoms with Gasteiger partial charge in [0.15, 0.2) is 0 Å². The molecule has 0 radical (unpaired) electrons. The van der Waals surface area contributed by atoms with E-state index in [4.69, 9.17) is 4.74 Å². The van der Waals surface area contributed by atoms with Crippen molar-refractivity contribution in [2.75, 3.05) is 24.6 Å². The third-order valence-electron chi connectivity index (χ3n) is 5.28. The van der Waals surface area contributed by atoms with Crippen LogP contribution in [0, 0.1) is 10.1 Å². The first-order chi connectivity index (χ1) is 14.5. The van der Waals surface area contributed by atoms with Gasteiger partial charge in [-0.25, -0.2) is 9.79 Å². The summed E-state index contributed by atoms with van der Waals surface area (Å²) in [5.41, 5.74) is 3.17. The standard InChI is InChI=1S/C22H27N3O4S/c1-4-24(5-2)18-12-11-16(25(27)28)13-15(18)14-23-21-20(22(26)29-6-3)17-9-7-8-10-19(17)30-21/h11-14H,4-10H2,1-3H3. The Kier molecular flexibility index (Phi) is 7.20. The van der Waals surface area contributed by atoms with Crippen LogP contribution in [0.3, 0.4) is 0 Å². The summed E-state index contributed by atoms with van der Waals surface area (Å²) in [5, 5.41) is 11.9. The maximum atomic E-state index is 12.6. The van der Waals surface area contributed by atoms with E-state index in [9.17, 15) is 14.9 Å². The zero-order valence-corrected chi connectivity index (χ0v) is 18.5. The number of thiophene rings is 1. The summed E-state index contributed by atoms with van der Waals surface area (Å²) >= 11 is 1.53. The Balaban J connectivity index is 2.06. The van der Waals surface area contributed by atoms with Gasteiger partial charge in [-0.1, -0.05) is 0 Å². The predicted octanol–water partition coefficient (Wildman–Crippen LogP) is 5.31. The number of nitrogens with zero attached hydrogens (tertiary/aromatic N) is 3. The number of aliphatic imine (C=N–C) groups is 1. The Hall–Kier alpha value is -2.74. The second-order valence-corrected chi connectivity index (χ2v) is 8.13. The van der Waals surface area contributed by atoms with E-state index in [1.165, 1.54) is 28.3 Å². The van der Waals surface area contributed by atoms with Gasteiger partial charge in [0.25, 0.3) is 5.69 Å². The average Bonchev–Trinajstić information content (AvgIpc) is 3.12. The van der Waals surface area contributed by atoms with Crippen LogP contribution in [0.2, 0.25) is 0 Å². The number of rotatable bonds is 8. The van der Waals surface area contributed by atoms with E-state index in [1.54, 1.807) is 19.2 Å².